The Bertz CT molecular complexity index is 460. The molecule has 3 nitrogen and oxygen atoms in total. The van der Waals surface area contributed by atoms with Gasteiger partial charge in [0, 0.05) is 11.3 Å². The van der Waals surface area contributed by atoms with Crippen molar-refractivity contribution in [1.82, 2.24) is 9.78 Å². The smallest absolute Gasteiger partial charge is 0.236 e. The molecule has 15 heavy (non-hydrogen) atoms. The Balaban J connectivity index is 2.55. The average Bonchev–Trinajstić information content (AvgIpc) is 2.57. The van der Waals surface area contributed by atoms with Crippen LogP contribution in [0.4, 0.5) is 0 Å². The number of hydrogen-bond donors (Lipinski definition) is 0. The molecule has 0 saturated heterocycles. The van der Waals surface area contributed by atoms with E-state index in [0.717, 1.165) is 16.9 Å². The summed E-state index contributed by atoms with van der Waals surface area (Å²) in [7, 11) is 1.64. The molecular weight excluding hydrogens is 188 g/mol. The summed E-state index contributed by atoms with van der Waals surface area (Å²) in [4.78, 5) is 0. The number of ether oxygens (including phenoxy) is 1. The van der Waals surface area contributed by atoms with Crippen LogP contribution >= 0.6 is 0 Å². The zero-order valence-electron chi connectivity index (χ0n) is 9.19. The van der Waals surface area contributed by atoms with Gasteiger partial charge in [-0.15, -0.1) is 5.10 Å². The Morgan fingerprint density at radius 1 is 1.13 bits per heavy atom. The zero-order valence-corrected chi connectivity index (χ0v) is 9.19. The fraction of sp³-hybridized carbons (Fsp3) is 0.250. The van der Waals surface area contributed by atoms with Crippen LogP contribution < -0.4 is 4.74 Å². The third-order valence-corrected chi connectivity index (χ3v) is 2.57. The van der Waals surface area contributed by atoms with E-state index in [1.165, 1.54) is 0 Å². The maximum Gasteiger partial charge on any atom is 0.236 e. The van der Waals surface area contributed by atoms with E-state index in [4.69, 9.17) is 4.74 Å². The second kappa shape index (κ2) is 3.77. The van der Waals surface area contributed by atoms with Gasteiger partial charge in [-0.3, -0.25) is 0 Å². The molecule has 2 rings (SSSR count). The first-order chi connectivity index (χ1) is 7.24. The summed E-state index contributed by atoms with van der Waals surface area (Å²) in [6.45, 7) is 4.05. The van der Waals surface area contributed by atoms with Gasteiger partial charge in [0.15, 0.2) is 0 Å². The molecule has 0 N–H and O–H groups in total. The molecule has 0 atom stereocenters. The SMILES string of the molecule is COc1nn(-c2ccccc2)c(C)c1C. The standard InChI is InChI=1S/C12H14N2O/c1-9-10(2)14(13-12(9)15-3)11-7-5-4-6-8-11/h4-8H,1-3H3. The van der Waals surface area contributed by atoms with Gasteiger partial charge >= 0.3 is 0 Å². The Morgan fingerprint density at radius 2 is 1.80 bits per heavy atom. The van der Waals surface area contributed by atoms with E-state index in [1.807, 2.05) is 48.9 Å². The first-order valence-corrected chi connectivity index (χ1v) is 4.89. The fourth-order valence-electron chi connectivity index (χ4n) is 1.57. The summed E-state index contributed by atoms with van der Waals surface area (Å²) in [6, 6.07) is 10.0. The van der Waals surface area contributed by atoms with Crippen molar-refractivity contribution in [2.75, 3.05) is 7.11 Å². The third kappa shape index (κ3) is 1.61. The van der Waals surface area contributed by atoms with E-state index >= 15 is 0 Å². The predicted molar refractivity (Wildman–Crippen MR) is 59.6 cm³/mol. The summed E-state index contributed by atoms with van der Waals surface area (Å²) >= 11 is 0. The van der Waals surface area contributed by atoms with E-state index < -0.39 is 0 Å². The molecule has 0 saturated carbocycles. The van der Waals surface area contributed by atoms with Crippen molar-refractivity contribution >= 4 is 0 Å². The van der Waals surface area contributed by atoms with E-state index in [0.29, 0.717) is 5.88 Å². The van der Waals surface area contributed by atoms with Crippen molar-refractivity contribution in [2.45, 2.75) is 13.8 Å². The van der Waals surface area contributed by atoms with Gasteiger partial charge in [-0.2, -0.15) is 0 Å². The van der Waals surface area contributed by atoms with Gasteiger partial charge in [0.25, 0.3) is 0 Å². The average molecular weight is 202 g/mol. The van der Waals surface area contributed by atoms with Gasteiger partial charge in [0.05, 0.1) is 12.8 Å². The van der Waals surface area contributed by atoms with Crippen molar-refractivity contribution in [3.63, 3.8) is 0 Å². The third-order valence-electron chi connectivity index (χ3n) is 2.57. The van der Waals surface area contributed by atoms with E-state index in [9.17, 15) is 0 Å². The highest BCUT2D eigenvalue weighted by Crippen LogP contribution is 2.22. The van der Waals surface area contributed by atoms with Gasteiger partial charge in [-0.25, -0.2) is 4.68 Å². The van der Waals surface area contributed by atoms with Crippen molar-refractivity contribution in [3.8, 4) is 11.6 Å². The highest BCUT2D eigenvalue weighted by molar-refractivity contribution is 5.38. The van der Waals surface area contributed by atoms with Gasteiger partial charge in [0.1, 0.15) is 0 Å². The lowest BCUT2D eigenvalue weighted by molar-refractivity contribution is 0.391. The molecule has 1 aromatic heterocycles. The van der Waals surface area contributed by atoms with Gasteiger partial charge in [-0.05, 0) is 26.0 Å². The normalized spacial score (nSPS) is 10.3. The molecule has 1 heterocycles. The molecule has 0 fully saturated rings. The highest BCUT2D eigenvalue weighted by atomic mass is 16.5. The van der Waals surface area contributed by atoms with Gasteiger partial charge in [0.2, 0.25) is 5.88 Å². The molecule has 0 bridgehead atoms. The van der Waals surface area contributed by atoms with Crippen LogP contribution in [0.5, 0.6) is 5.88 Å². The van der Waals surface area contributed by atoms with E-state index in [2.05, 4.69) is 5.10 Å². The Hall–Kier alpha value is -1.77. The first kappa shape index (κ1) is 9.77. The number of para-hydroxylation sites is 1. The Morgan fingerprint density at radius 3 is 2.33 bits per heavy atom. The van der Waals surface area contributed by atoms with Crippen LogP contribution in [0, 0.1) is 13.8 Å². The number of benzene rings is 1. The molecule has 0 unspecified atom stereocenters. The summed E-state index contributed by atoms with van der Waals surface area (Å²) in [5.74, 6) is 0.691. The molecule has 3 heteroatoms. The van der Waals surface area contributed by atoms with Crippen molar-refractivity contribution < 1.29 is 4.74 Å². The number of aromatic nitrogens is 2. The van der Waals surface area contributed by atoms with Crippen molar-refractivity contribution in [1.29, 1.82) is 0 Å². The Labute approximate surface area is 89.3 Å². The lowest BCUT2D eigenvalue weighted by atomic mass is 10.2. The van der Waals surface area contributed by atoms with E-state index in [1.54, 1.807) is 7.11 Å². The summed E-state index contributed by atoms with van der Waals surface area (Å²) in [5, 5.41) is 4.39. The quantitative estimate of drug-likeness (QED) is 0.748. The summed E-state index contributed by atoms with van der Waals surface area (Å²) in [5.41, 5.74) is 3.25. The molecule has 0 aliphatic heterocycles. The largest absolute Gasteiger partial charge is 0.480 e. The van der Waals surface area contributed by atoms with Crippen LogP contribution in [0.2, 0.25) is 0 Å². The Kier molecular flexibility index (Phi) is 2.46. The van der Waals surface area contributed by atoms with Crippen LogP contribution in [0.3, 0.4) is 0 Å². The molecule has 78 valence electrons. The van der Waals surface area contributed by atoms with Crippen molar-refractivity contribution in [3.05, 3.63) is 41.6 Å². The maximum absolute atomic E-state index is 5.20. The first-order valence-electron chi connectivity index (χ1n) is 4.89. The molecule has 0 aliphatic rings. The lowest BCUT2D eigenvalue weighted by Gasteiger charge is -2.02. The zero-order chi connectivity index (χ0) is 10.8. The second-order valence-electron chi connectivity index (χ2n) is 3.47. The topological polar surface area (TPSA) is 27.1 Å². The maximum atomic E-state index is 5.20. The molecule has 2 aromatic rings. The minimum Gasteiger partial charge on any atom is -0.480 e. The lowest BCUT2D eigenvalue weighted by Crippen LogP contribution is -1.98. The molecule has 0 amide bonds. The number of methoxy groups -OCH3 is 1. The molecule has 1 aromatic carbocycles. The van der Waals surface area contributed by atoms with E-state index in [-0.39, 0.29) is 0 Å². The summed E-state index contributed by atoms with van der Waals surface area (Å²) < 4.78 is 7.09. The van der Waals surface area contributed by atoms with Crippen LogP contribution in [0.25, 0.3) is 5.69 Å². The van der Waals surface area contributed by atoms with Crippen LogP contribution in [-0.2, 0) is 0 Å². The predicted octanol–water partition coefficient (Wildman–Crippen LogP) is 2.50. The highest BCUT2D eigenvalue weighted by Gasteiger charge is 2.11. The van der Waals surface area contributed by atoms with Crippen LogP contribution in [0.15, 0.2) is 30.3 Å². The fourth-order valence-corrected chi connectivity index (χ4v) is 1.57. The monoisotopic (exact) mass is 202 g/mol. The van der Waals surface area contributed by atoms with Crippen molar-refractivity contribution in [2.24, 2.45) is 0 Å². The minimum atomic E-state index is 0.691. The molecule has 0 radical (unpaired) electrons. The van der Waals surface area contributed by atoms with Crippen LogP contribution in [0.1, 0.15) is 11.3 Å². The van der Waals surface area contributed by atoms with Crippen LogP contribution in [-0.4, -0.2) is 16.9 Å². The number of nitrogens with zero attached hydrogens (tertiary/aromatic N) is 2. The molecule has 0 aliphatic carbocycles. The van der Waals surface area contributed by atoms with Gasteiger partial charge < -0.3 is 4.74 Å². The molecule has 0 spiro atoms. The minimum absolute atomic E-state index is 0.691. The summed E-state index contributed by atoms with van der Waals surface area (Å²) in [6.07, 6.45) is 0. The van der Waals surface area contributed by atoms with Gasteiger partial charge in [-0.1, -0.05) is 18.2 Å². The number of hydrogen-bond acceptors (Lipinski definition) is 2. The molecular formula is C12H14N2O. The number of rotatable bonds is 2. The second-order valence-corrected chi connectivity index (χ2v) is 3.47.